The molecule has 5 heteroatoms. The Bertz CT molecular complexity index is 455. The lowest BCUT2D eigenvalue weighted by atomic mass is 9.82. The Morgan fingerprint density at radius 3 is 2.45 bits per heavy atom. The van der Waals surface area contributed by atoms with Gasteiger partial charge in [0, 0.05) is 16.9 Å². The Balaban J connectivity index is 1.81. The summed E-state index contributed by atoms with van der Waals surface area (Å²) < 4.78 is 5.77. The number of carboxylic acid groups (broad SMARTS) is 1. The second-order valence-corrected chi connectivity index (χ2v) is 7.68. The van der Waals surface area contributed by atoms with Gasteiger partial charge in [-0.1, -0.05) is 19.4 Å². The molecule has 3 fully saturated rings. The number of hydrogen-bond donors (Lipinski definition) is 1. The highest BCUT2D eigenvalue weighted by Gasteiger charge is 2.57. The fourth-order valence-corrected chi connectivity index (χ4v) is 5.66. The number of rotatable bonds is 4. The van der Waals surface area contributed by atoms with Gasteiger partial charge in [0.1, 0.15) is 5.60 Å². The van der Waals surface area contributed by atoms with Crippen molar-refractivity contribution in [3.63, 3.8) is 0 Å². The first-order valence-electron chi connectivity index (χ1n) is 7.28. The molecule has 0 aromatic heterocycles. The van der Waals surface area contributed by atoms with Crippen LogP contribution in [0, 0.1) is 5.41 Å². The molecule has 1 aliphatic carbocycles. The van der Waals surface area contributed by atoms with Crippen LogP contribution < -0.4 is 0 Å². The zero-order valence-electron chi connectivity index (χ0n) is 11.5. The normalized spacial score (nSPS) is 37.8. The Morgan fingerprint density at radius 2 is 2.00 bits per heavy atom. The summed E-state index contributed by atoms with van der Waals surface area (Å²) in [6.45, 7) is 3.84. The molecule has 2 aliphatic heterocycles. The summed E-state index contributed by atoms with van der Waals surface area (Å²) in [6, 6.07) is 0. The number of fused-ring (bicyclic) bond motifs is 2. The Hall–Kier alpha value is -0.970. The minimum absolute atomic E-state index is 0.251. The molecule has 2 bridgehead atoms. The van der Waals surface area contributed by atoms with Crippen LogP contribution in [0.5, 0.6) is 0 Å². The fraction of sp³-hybridized carbons (Fsp3) is 0.733. The molecule has 2 saturated heterocycles. The summed E-state index contributed by atoms with van der Waals surface area (Å²) in [6.07, 6.45) is 7.05. The molecule has 1 saturated carbocycles. The molecular formula is C15H20O4S. The molecule has 3 aliphatic rings. The van der Waals surface area contributed by atoms with Crippen molar-refractivity contribution in [2.75, 3.05) is 0 Å². The lowest BCUT2D eigenvalue weighted by Gasteiger charge is -2.36. The van der Waals surface area contributed by atoms with E-state index < -0.39 is 23.0 Å². The number of carboxylic acids is 1. The maximum Gasteiger partial charge on any atom is 0.324 e. The van der Waals surface area contributed by atoms with Crippen LogP contribution in [-0.2, 0) is 14.3 Å². The number of hydrogen-bond acceptors (Lipinski definition) is 4. The van der Waals surface area contributed by atoms with Crippen LogP contribution in [0.1, 0.15) is 44.9 Å². The van der Waals surface area contributed by atoms with Gasteiger partial charge in [0.05, 0.1) is 0 Å². The minimum atomic E-state index is -1.32. The maximum atomic E-state index is 12.5. The van der Waals surface area contributed by atoms with Gasteiger partial charge in [0.25, 0.3) is 0 Å². The van der Waals surface area contributed by atoms with Gasteiger partial charge in [-0.15, -0.1) is 0 Å². The molecule has 20 heavy (non-hydrogen) atoms. The first-order chi connectivity index (χ1) is 9.52. The van der Waals surface area contributed by atoms with Crippen LogP contribution >= 0.6 is 11.8 Å². The highest BCUT2D eigenvalue weighted by Crippen LogP contribution is 2.54. The van der Waals surface area contributed by atoms with Crippen LogP contribution in [0.25, 0.3) is 0 Å². The molecule has 1 N–H and O–H groups in total. The van der Waals surface area contributed by atoms with Gasteiger partial charge >= 0.3 is 11.9 Å². The largest absolute Gasteiger partial charge is 0.480 e. The Labute approximate surface area is 122 Å². The third-order valence-electron chi connectivity index (χ3n) is 5.08. The summed E-state index contributed by atoms with van der Waals surface area (Å²) in [5, 5.41) is 10.2. The lowest BCUT2D eigenvalue weighted by Crippen LogP contribution is -2.47. The van der Waals surface area contributed by atoms with E-state index in [2.05, 4.69) is 6.58 Å². The number of aliphatic carboxylic acids is 1. The molecule has 3 rings (SSSR count). The van der Waals surface area contributed by atoms with Crippen molar-refractivity contribution in [2.45, 2.75) is 61.0 Å². The van der Waals surface area contributed by atoms with E-state index in [0.717, 1.165) is 32.1 Å². The van der Waals surface area contributed by atoms with Gasteiger partial charge < -0.3 is 9.84 Å². The van der Waals surface area contributed by atoms with Gasteiger partial charge in [0.2, 0.25) is 0 Å². The summed E-state index contributed by atoms with van der Waals surface area (Å²) in [4.78, 5) is 24.1. The van der Waals surface area contributed by atoms with E-state index >= 15 is 0 Å². The monoisotopic (exact) mass is 296 g/mol. The summed E-state index contributed by atoms with van der Waals surface area (Å²) in [7, 11) is 0. The second-order valence-electron chi connectivity index (χ2n) is 6.17. The van der Waals surface area contributed by atoms with Crippen LogP contribution in [0.2, 0.25) is 0 Å². The van der Waals surface area contributed by atoms with Crippen LogP contribution in [0.3, 0.4) is 0 Å². The number of carbonyl (C=O) groups is 2. The standard InChI is InChI=1S/C15H20O4S/c1-2-15(9-10-5-6-11(15)20-10)19-13(18)14(12(16)17)7-3-4-8-14/h2,10-11H,1,3-9H2,(H,16,17). The molecule has 3 unspecified atom stereocenters. The van der Waals surface area contributed by atoms with Crippen molar-refractivity contribution in [1.82, 2.24) is 0 Å². The smallest absolute Gasteiger partial charge is 0.324 e. The maximum absolute atomic E-state index is 12.5. The predicted octanol–water partition coefficient (Wildman–Crippen LogP) is 2.77. The Kier molecular flexibility index (Phi) is 3.35. The molecule has 0 aromatic rings. The Morgan fingerprint density at radius 1 is 1.30 bits per heavy atom. The molecule has 4 nitrogen and oxygen atoms in total. The highest BCUT2D eigenvalue weighted by molar-refractivity contribution is 8.01. The first-order valence-corrected chi connectivity index (χ1v) is 8.23. The molecule has 0 spiro atoms. The number of carbonyl (C=O) groups excluding carboxylic acids is 1. The fourth-order valence-electron chi connectivity index (χ4n) is 3.82. The van der Waals surface area contributed by atoms with Crippen LogP contribution in [0.15, 0.2) is 12.7 Å². The number of thioether (sulfide) groups is 1. The van der Waals surface area contributed by atoms with E-state index in [0.29, 0.717) is 18.1 Å². The number of esters is 1. The molecular weight excluding hydrogens is 276 g/mol. The SMILES string of the molecule is C=CC1(OC(=O)C2(C(=O)O)CCCC2)CC2CCC1S2. The van der Waals surface area contributed by atoms with E-state index in [9.17, 15) is 14.7 Å². The van der Waals surface area contributed by atoms with Crippen LogP contribution in [0.4, 0.5) is 0 Å². The summed E-state index contributed by atoms with van der Waals surface area (Å²) in [5.41, 5.74) is -1.96. The zero-order valence-corrected chi connectivity index (χ0v) is 12.3. The van der Waals surface area contributed by atoms with Gasteiger partial charge in [-0.25, -0.2) is 0 Å². The molecule has 0 aromatic carbocycles. The molecule has 0 amide bonds. The predicted molar refractivity (Wildman–Crippen MR) is 76.6 cm³/mol. The third-order valence-corrected chi connectivity index (χ3v) is 6.84. The van der Waals surface area contributed by atoms with E-state index in [-0.39, 0.29) is 5.25 Å². The van der Waals surface area contributed by atoms with Crippen molar-refractivity contribution in [2.24, 2.45) is 5.41 Å². The number of ether oxygens (including phenoxy) is 1. The quantitative estimate of drug-likeness (QED) is 0.491. The van der Waals surface area contributed by atoms with E-state index in [1.165, 1.54) is 0 Å². The molecule has 2 heterocycles. The van der Waals surface area contributed by atoms with Crippen molar-refractivity contribution >= 4 is 23.7 Å². The average molecular weight is 296 g/mol. The van der Waals surface area contributed by atoms with Gasteiger partial charge in [0.15, 0.2) is 5.41 Å². The van der Waals surface area contributed by atoms with Gasteiger partial charge in [-0.05, 0) is 31.8 Å². The zero-order chi connectivity index (χ0) is 14.4. The van der Waals surface area contributed by atoms with E-state index in [1.807, 2.05) is 11.8 Å². The minimum Gasteiger partial charge on any atom is -0.480 e. The van der Waals surface area contributed by atoms with Gasteiger partial charge in [-0.2, -0.15) is 11.8 Å². The molecule has 110 valence electrons. The lowest BCUT2D eigenvalue weighted by molar-refractivity contribution is -0.177. The highest BCUT2D eigenvalue weighted by atomic mass is 32.2. The van der Waals surface area contributed by atoms with Crippen molar-refractivity contribution in [1.29, 1.82) is 0 Å². The average Bonchev–Trinajstić information content (AvgIpc) is 3.14. The van der Waals surface area contributed by atoms with Crippen molar-refractivity contribution in [3.05, 3.63) is 12.7 Å². The van der Waals surface area contributed by atoms with Crippen molar-refractivity contribution < 1.29 is 19.4 Å². The third kappa shape index (κ3) is 1.90. The van der Waals surface area contributed by atoms with E-state index in [4.69, 9.17) is 4.74 Å². The topological polar surface area (TPSA) is 63.6 Å². The summed E-state index contributed by atoms with van der Waals surface area (Å²) >= 11 is 1.86. The molecule has 0 radical (unpaired) electrons. The van der Waals surface area contributed by atoms with Gasteiger partial charge in [-0.3, -0.25) is 9.59 Å². The van der Waals surface area contributed by atoms with Crippen LogP contribution in [-0.4, -0.2) is 33.1 Å². The van der Waals surface area contributed by atoms with Crippen molar-refractivity contribution in [3.8, 4) is 0 Å². The molecule has 3 atom stereocenters. The second kappa shape index (κ2) is 4.79. The first kappa shape index (κ1) is 14.0. The van der Waals surface area contributed by atoms with E-state index in [1.54, 1.807) is 6.08 Å². The summed E-state index contributed by atoms with van der Waals surface area (Å²) in [5.74, 6) is -1.58.